The number of hydrogen-bond acceptors (Lipinski definition) is 0. The zero-order valence-electron chi connectivity index (χ0n) is 23.7. The molecule has 0 fully saturated rings. The lowest BCUT2D eigenvalue weighted by molar-refractivity contribution is 0.762. The minimum atomic E-state index is 0.439. The van der Waals surface area contributed by atoms with E-state index in [1.807, 2.05) is 6.08 Å². The fraction of sp³-hybridized carbons (Fsp3) is 0.0952. The van der Waals surface area contributed by atoms with Crippen LogP contribution in [0.25, 0.3) is 60.1 Å². The highest BCUT2D eigenvalue weighted by molar-refractivity contribution is 6.25. The lowest BCUT2D eigenvalue weighted by atomic mass is 9.82. The lowest BCUT2D eigenvalue weighted by Crippen LogP contribution is -2.06. The van der Waals surface area contributed by atoms with Gasteiger partial charge in [0, 0.05) is 5.92 Å². The van der Waals surface area contributed by atoms with Crippen LogP contribution in [-0.4, -0.2) is 0 Å². The van der Waals surface area contributed by atoms with E-state index in [2.05, 4.69) is 140 Å². The molecule has 2 aliphatic carbocycles. The van der Waals surface area contributed by atoms with Crippen molar-refractivity contribution in [2.45, 2.75) is 19.3 Å². The van der Waals surface area contributed by atoms with Crippen molar-refractivity contribution in [2.24, 2.45) is 5.92 Å². The molecule has 8 rings (SSSR count). The first kappa shape index (κ1) is 24.8. The topological polar surface area (TPSA) is 0 Å². The van der Waals surface area contributed by atoms with Crippen LogP contribution in [0.4, 0.5) is 0 Å². The molecular formula is C42H32. The Bertz CT molecular complexity index is 2090. The highest BCUT2D eigenvalue weighted by atomic mass is 14.2. The second-order valence-corrected chi connectivity index (χ2v) is 11.6. The minimum absolute atomic E-state index is 0.439. The average Bonchev–Trinajstić information content (AvgIpc) is 3.07. The fourth-order valence-electron chi connectivity index (χ4n) is 7.05. The van der Waals surface area contributed by atoms with Gasteiger partial charge in [-0.25, -0.2) is 0 Å². The third kappa shape index (κ3) is 4.14. The highest BCUT2D eigenvalue weighted by Crippen LogP contribution is 2.40. The second-order valence-electron chi connectivity index (χ2n) is 11.6. The molecule has 1 unspecified atom stereocenters. The maximum Gasteiger partial charge on any atom is 0.00587 e. The third-order valence-electron chi connectivity index (χ3n) is 9.25. The van der Waals surface area contributed by atoms with Crippen molar-refractivity contribution in [3.63, 3.8) is 0 Å². The molecule has 0 aromatic heterocycles. The van der Waals surface area contributed by atoms with Crippen LogP contribution in [0, 0.1) is 5.92 Å². The molecule has 6 aromatic carbocycles. The molecule has 0 spiro atoms. The molecule has 0 saturated carbocycles. The van der Waals surface area contributed by atoms with Gasteiger partial charge in [0.15, 0.2) is 0 Å². The van der Waals surface area contributed by atoms with Crippen molar-refractivity contribution in [2.75, 3.05) is 0 Å². The van der Waals surface area contributed by atoms with E-state index in [1.54, 1.807) is 0 Å². The molecule has 0 bridgehead atoms. The normalized spacial score (nSPS) is 17.0. The van der Waals surface area contributed by atoms with Gasteiger partial charge in [-0.3, -0.25) is 0 Å². The van der Waals surface area contributed by atoms with Gasteiger partial charge in [0.25, 0.3) is 0 Å². The predicted octanol–water partition coefficient (Wildman–Crippen LogP) is 11.7. The Labute approximate surface area is 247 Å². The maximum absolute atomic E-state index is 4.05. The predicted molar refractivity (Wildman–Crippen MR) is 182 cm³/mol. The number of hydrogen-bond donors (Lipinski definition) is 0. The van der Waals surface area contributed by atoms with E-state index in [1.165, 1.54) is 76.9 Å². The van der Waals surface area contributed by atoms with Crippen LogP contribution in [0.5, 0.6) is 0 Å². The van der Waals surface area contributed by atoms with Crippen LogP contribution in [-0.2, 0) is 0 Å². The van der Waals surface area contributed by atoms with Crippen LogP contribution in [0.1, 0.15) is 24.8 Å². The van der Waals surface area contributed by atoms with Gasteiger partial charge >= 0.3 is 0 Å². The molecule has 2 aliphatic rings. The lowest BCUT2D eigenvalue weighted by Gasteiger charge is -2.22. The number of rotatable bonds is 5. The molecule has 0 amide bonds. The van der Waals surface area contributed by atoms with E-state index in [9.17, 15) is 0 Å². The zero-order valence-corrected chi connectivity index (χ0v) is 23.7. The summed E-state index contributed by atoms with van der Waals surface area (Å²) in [6.07, 6.45) is 17.0. The Kier molecular flexibility index (Phi) is 6.00. The van der Waals surface area contributed by atoms with Gasteiger partial charge in [-0.05, 0) is 102 Å². The van der Waals surface area contributed by atoms with Gasteiger partial charge in [0.1, 0.15) is 0 Å². The molecule has 0 N–H and O–H groups in total. The van der Waals surface area contributed by atoms with Crippen molar-refractivity contribution in [3.05, 3.63) is 163 Å². The Hall–Kier alpha value is -4.94. The third-order valence-corrected chi connectivity index (χ3v) is 9.25. The van der Waals surface area contributed by atoms with Crippen molar-refractivity contribution >= 4 is 37.9 Å². The molecule has 0 nitrogen and oxygen atoms in total. The van der Waals surface area contributed by atoms with E-state index >= 15 is 0 Å². The smallest absolute Gasteiger partial charge is 0.00587 e. The van der Waals surface area contributed by atoms with Gasteiger partial charge < -0.3 is 0 Å². The van der Waals surface area contributed by atoms with Crippen molar-refractivity contribution in [1.82, 2.24) is 0 Å². The molecule has 1 atom stereocenters. The fourth-order valence-corrected chi connectivity index (χ4v) is 7.05. The summed E-state index contributed by atoms with van der Waals surface area (Å²) < 4.78 is 0. The number of benzene rings is 6. The first-order valence-corrected chi connectivity index (χ1v) is 15.0. The summed E-state index contributed by atoms with van der Waals surface area (Å²) in [6, 6.07) is 38.3. The Morgan fingerprint density at radius 3 is 2.14 bits per heavy atom. The van der Waals surface area contributed by atoms with E-state index in [0.29, 0.717) is 5.92 Å². The Morgan fingerprint density at radius 2 is 1.36 bits per heavy atom. The SMILES string of the molecule is C=CC1=C(C2C=CC(c3cccc(-c4ccc(-c5ccc6ccc7cccc8ccc5c6c78)cc4)c3)=CC2)C=CCC1. The van der Waals surface area contributed by atoms with Gasteiger partial charge in [0.2, 0.25) is 0 Å². The van der Waals surface area contributed by atoms with Gasteiger partial charge in [-0.15, -0.1) is 0 Å². The van der Waals surface area contributed by atoms with Crippen LogP contribution in [0.15, 0.2) is 157 Å². The van der Waals surface area contributed by atoms with Gasteiger partial charge in [-0.2, -0.15) is 0 Å². The van der Waals surface area contributed by atoms with Crippen LogP contribution in [0.3, 0.4) is 0 Å². The monoisotopic (exact) mass is 536 g/mol. The summed E-state index contributed by atoms with van der Waals surface area (Å²) in [5.41, 5.74) is 10.4. The Balaban J connectivity index is 1.09. The Morgan fingerprint density at radius 1 is 0.643 bits per heavy atom. The van der Waals surface area contributed by atoms with Crippen molar-refractivity contribution < 1.29 is 0 Å². The molecule has 42 heavy (non-hydrogen) atoms. The summed E-state index contributed by atoms with van der Waals surface area (Å²) in [7, 11) is 0. The molecule has 0 saturated heterocycles. The zero-order chi connectivity index (χ0) is 28.0. The molecule has 0 radical (unpaired) electrons. The quantitative estimate of drug-likeness (QED) is 0.192. The molecule has 0 aliphatic heterocycles. The standard InChI is InChI=1S/C42H32/c1-2-28-7-3-4-12-38(28)31-17-13-29(14-18-31)36-10-6-11-37(27-36)30-15-19-32(20-16-30)39-25-23-35-22-21-33-8-5-9-34-24-26-40(39)42(35)41(33)34/h2,4-6,8-17,19-27,31H,1,3,7,18H2. The summed E-state index contributed by atoms with van der Waals surface area (Å²) in [4.78, 5) is 0. The number of allylic oxidation sites excluding steroid dienone is 9. The average molecular weight is 537 g/mol. The largest absolute Gasteiger partial charge is 0.0988 e. The highest BCUT2D eigenvalue weighted by Gasteiger charge is 2.17. The molecule has 0 heteroatoms. The van der Waals surface area contributed by atoms with E-state index in [-0.39, 0.29) is 0 Å². The van der Waals surface area contributed by atoms with Crippen molar-refractivity contribution in [3.8, 4) is 22.3 Å². The summed E-state index contributed by atoms with van der Waals surface area (Å²) in [6.45, 7) is 4.05. The van der Waals surface area contributed by atoms with E-state index in [0.717, 1.165) is 19.3 Å². The molecule has 200 valence electrons. The summed E-state index contributed by atoms with van der Waals surface area (Å²) in [5, 5.41) is 7.97. The van der Waals surface area contributed by atoms with Crippen molar-refractivity contribution in [1.29, 1.82) is 0 Å². The molecular weight excluding hydrogens is 504 g/mol. The van der Waals surface area contributed by atoms with E-state index < -0.39 is 0 Å². The summed E-state index contributed by atoms with van der Waals surface area (Å²) >= 11 is 0. The van der Waals surface area contributed by atoms with Gasteiger partial charge in [-0.1, -0.05) is 140 Å². The van der Waals surface area contributed by atoms with E-state index in [4.69, 9.17) is 0 Å². The summed E-state index contributed by atoms with van der Waals surface area (Å²) in [5.74, 6) is 0.439. The van der Waals surface area contributed by atoms with Crippen LogP contribution in [0.2, 0.25) is 0 Å². The first-order chi connectivity index (χ1) is 20.8. The first-order valence-electron chi connectivity index (χ1n) is 15.0. The second kappa shape index (κ2) is 10.2. The molecule has 0 heterocycles. The van der Waals surface area contributed by atoms with Gasteiger partial charge in [0.05, 0.1) is 0 Å². The minimum Gasteiger partial charge on any atom is -0.0988 e. The maximum atomic E-state index is 4.05. The van der Waals surface area contributed by atoms with Crippen LogP contribution < -0.4 is 0 Å². The van der Waals surface area contributed by atoms with Crippen LogP contribution >= 0.6 is 0 Å². The molecule has 6 aromatic rings.